The summed E-state index contributed by atoms with van der Waals surface area (Å²) in [6.45, 7) is 0. The van der Waals surface area contributed by atoms with Gasteiger partial charge in [-0.1, -0.05) is 0 Å². The van der Waals surface area contributed by atoms with Gasteiger partial charge in [0.25, 0.3) is 0 Å². The van der Waals surface area contributed by atoms with Gasteiger partial charge >= 0.3 is 0 Å². The molecule has 1 aliphatic heterocycles. The lowest BCUT2D eigenvalue weighted by molar-refractivity contribution is -0.116. The summed E-state index contributed by atoms with van der Waals surface area (Å²) in [5.41, 5.74) is 2.27. The number of hydrogen-bond donors (Lipinski definition) is 1. The SMILES string of the molecule is COc1ccc(OC)c(C2CC(=O)Nc3c2ncn3-c2ccc(F)cc2)c1. The minimum absolute atomic E-state index is 0.124. The van der Waals surface area contributed by atoms with Crippen molar-refractivity contribution in [3.05, 3.63) is 65.9 Å². The Morgan fingerprint density at radius 3 is 2.63 bits per heavy atom. The molecule has 2 aromatic carbocycles. The molecule has 0 aliphatic carbocycles. The smallest absolute Gasteiger partial charge is 0.226 e. The van der Waals surface area contributed by atoms with Crippen molar-refractivity contribution in [1.82, 2.24) is 9.55 Å². The molecule has 3 aromatic rings. The molecule has 0 spiro atoms. The van der Waals surface area contributed by atoms with E-state index < -0.39 is 0 Å². The van der Waals surface area contributed by atoms with E-state index >= 15 is 0 Å². The normalized spacial score (nSPS) is 15.8. The second-order valence-corrected chi connectivity index (χ2v) is 6.24. The van der Waals surface area contributed by atoms with Gasteiger partial charge in [-0.05, 0) is 42.5 Å². The van der Waals surface area contributed by atoms with Gasteiger partial charge in [0.05, 0.1) is 19.9 Å². The molecule has 2 heterocycles. The summed E-state index contributed by atoms with van der Waals surface area (Å²) in [6.07, 6.45) is 1.88. The zero-order valence-electron chi connectivity index (χ0n) is 14.9. The Hall–Kier alpha value is -3.35. The predicted molar refractivity (Wildman–Crippen MR) is 98.2 cm³/mol. The first kappa shape index (κ1) is 17.1. The van der Waals surface area contributed by atoms with E-state index in [-0.39, 0.29) is 24.1 Å². The highest BCUT2D eigenvalue weighted by Gasteiger charge is 2.33. The van der Waals surface area contributed by atoms with Crippen LogP contribution in [0.15, 0.2) is 48.8 Å². The minimum Gasteiger partial charge on any atom is -0.497 e. The van der Waals surface area contributed by atoms with Gasteiger partial charge in [0.2, 0.25) is 5.91 Å². The third-order valence-corrected chi connectivity index (χ3v) is 4.69. The maximum absolute atomic E-state index is 13.2. The topological polar surface area (TPSA) is 65.4 Å². The van der Waals surface area contributed by atoms with Crippen LogP contribution in [0.3, 0.4) is 0 Å². The number of aromatic nitrogens is 2. The van der Waals surface area contributed by atoms with Crippen LogP contribution in [0.4, 0.5) is 10.2 Å². The molecule has 0 bridgehead atoms. The third-order valence-electron chi connectivity index (χ3n) is 4.69. The summed E-state index contributed by atoms with van der Waals surface area (Å²) in [5, 5.41) is 2.88. The van der Waals surface area contributed by atoms with E-state index in [2.05, 4.69) is 10.3 Å². The minimum atomic E-state index is -0.323. The fraction of sp³-hybridized carbons (Fsp3) is 0.200. The van der Waals surface area contributed by atoms with Crippen molar-refractivity contribution in [2.24, 2.45) is 0 Å². The third kappa shape index (κ3) is 3.01. The van der Waals surface area contributed by atoms with Gasteiger partial charge in [0, 0.05) is 23.6 Å². The molecule has 6 nitrogen and oxygen atoms in total. The summed E-state index contributed by atoms with van der Waals surface area (Å²) in [5.74, 6) is 1.19. The van der Waals surface area contributed by atoms with E-state index in [4.69, 9.17) is 9.47 Å². The largest absolute Gasteiger partial charge is 0.497 e. The van der Waals surface area contributed by atoms with Crippen molar-refractivity contribution in [3.63, 3.8) is 0 Å². The molecule has 4 rings (SSSR count). The Bertz CT molecular complexity index is 998. The summed E-state index contributed by atoms with van der Waals surface area (Å²) in [4.78, 5) is 17.0. The van der Waals surface area contributed by atoms with E-state index in [9.17, 15) is 9.18 Å². The van der Waals surface area contributed by atoms with Crippen LogP contribution in [-0.4, -0.2) is 29.7 Å². The van der Waals surface area contributed by atoms with Crippen LogP contribution < -0.4 is 14.8 Å². The number of carbonyl (C=O) groups is 1. The molecule has 1 unspecified atom stereocenters. The van der Waals surface area contributed by atoms with Crippen LogP contribution >= 0.6 is 0 Å². The molecule has 1 aliphatic rings. The number of rotatable bonds is 4. The molecule has 1 N–H and O–H groups in total. The number of fused-ring (bicyclic) bond motifs is 1. The van der Waals surface area contributed by atoms with Crippen molar-refractivity contribution in [3.8, 4) is 17.2 Å². The Kier molecular flexibility index (Phi) is 4.27. The standard InChI is InChI=1S/C20H18FN3O3/c1-26-14-7-8-17(27-2)15(9-14)16-10-18(25)23-20-19(16)22-11-24(20)13-5-3-12(21)4-6-13/h3-9,11,16H,10H2,1-2H3,(H,23,25). The van der Waals surface area contributed by atoms with Gasteiger partial charge in [-0.3, -0.25) is 9.36 Å². The Labute approximate surface area is 155 Å². The number of nitrogens with one attached hydrogen (secondary N) is 1. The highest BCUT2D eigenvalue weighted by Crippen LogP contribution is 2.41. The highest BCUT2D eigenvalue weighted by molar-refractivity contribution is 5.94. The molecular weight excluding hydrogens is 349 g/mol. The number of imidazole rings is 1. The quantitative estimate of drug-likeness (QED) is 0.766. The number of halogens is 1. The maximum Gasteiger partial charge on any atom is 0.226 e. The number of carbonyl (C=O) groups excluding carboxylic acids is 1. The van der Waals surface area contributed by atoms with Gasteiger partial charge in [-0.2, -0.15) is 0 Å². The zero-order valence-corrected chi connectivity index (χ0v) is 14.9. The molecule has 1 amide bonds. The van der Waals surface area contributed by atoms with Gasteiger partial charge in [-0.25, -0.2) is 9.37 Å². The molecule has 1 atom stereocenters. The fourth-order valence-electron chi connectivity index (χ4n) is 3.37. The monoisotopic (exact) mass is 367 g/mol. The molecular formula is C20H18FN3O3. The first-order valence-corrected chi connectivity index (χ1v) is 8.45. The van der Waals surface area contributed by atoms with Crippen LogP contribution in [0.25, 0.3) is 5.69 Å². The zero-order chi connectivity index (χ0) is 19.0. The van der Waals surface area contributed by atoms with E-state index in [1.54, 1.807) is 37.2 Å². The van der Waals surface area contributed by atoms with E-state index in [0.717, 1.165) is 11.3 Å². The molecule has 7 heteroatoms. The lowest BCUT2D eigenvalue weighted by atomic mass is 9.89. The van der Waals surface area contributed by atoms with Crippen molar-refractivity contribution >= 4 is 11.7 Å². The van der Waals surface area contributed by atoms with Crippen LogP contribution in [0, 0.1) is 5.82 Å². The number of ether oxygens (including phenoxy) is 2. The Morgan fingerprint density at radius 2 is 1.93 bits per heavy atom. The van der Waals surface area contributed by atoms with Gasteiger partial charge in [0.15, 0.2) is 0 Å². The van der Waals surface area contributed by atoms with Crippen molar-refractivity contribution < 1.29 is 18.7 Å². The van der Waals surface area contributed by atoms with Crippen molar-refractivity contribution in [1.29, 1.82) is 0 Å². The Balaban J connectivity index is 1.83. The lowest BCUT2D eigenvalue weighted by Gasteiger charge is -2.25. The van der Waals surface area contributed by atoms with Gasteiger partial charge in [0.1, 0.15) is 29.5 Å². The highest BCUT2D eigenvalue weighted by atomic mass is 19.1. The number of nitrogens with zero attached hydrogens (tertiary/aromatic N) is 2. The number of anilines is 1. The average Bonchev–Trinajstić information content (AvgIpc) is 3.11. The molecule has 1 aromatic heterocycles. The van der Waals surface area contributed by atoms with E-state index in [0.29, 0.717) is 23.0 Å². The number of benzene rings is 2. The van der Waals surface area contributed by atoms with E-state index in [1.165, 1.54) is 12.1 Å². The van der Waals surface area contributed by atoms with Crippen LogP contribution in [0.1, 0.15) is 23.6 Å². The van der Waals surface area contributed by atoms with Crippen LogP contribution in [0.2, 0.25) is 0 Å². The van der Waals surface area contributed by atoms with Crippen molar-refractivity contribution in [2.45, 2.75) is 12.3 Å². The number of methoxy groups -OCH3 is 2. The number of hydrogen-bond acceptors (Lipinski definition) is 4. The first-order chi connectivity index (χ1) is 13.1. The summed E-state index contributed by atoms with van der Waals surface area (Å²) in [7, 11) is 3.18. The van der Waals surface area contributed by atoms with Crippen molar-refractivity contribution in [2.75, 3.05) is 19.5 Å². The number of amides is 1. The van der Waals surface area contributed by atoms with Crippen LogP contribution in [-0.2, 0) is 4.79 Å². The summed E-state index contributed by atoms with van der Waals surface area (Å²) >= 11 is 0. The summed E-state index contributed by atoms with van der Waals surface area (Å²) < 4.78 is 25.8. The second-order valence-electron chi connectivity index (χ2n) is 6.24. The maximum atomic E-state index is 13.2. The molecule has 138 valence electrons. The summed E-state index contributed by atoms with van der Waals surface area (Å²) in [6, 6.07) is 11.5. The molecule has 0 saturated carbocycles. The lowest BCUT2D eigenvalue weighted by Crippen LogP contribution is -2.25. The average molecular weight is 367 g/mol. The molecule has 27 heavy (non-hydrogen) atoms. The Morgan fingerprint density at radius 1 is 1.15 bits per heavy atom. The van der Waals surface area contributed by atoms with Crippen LogP contribution in [0.5, 0.6) is 11.5 Å². The molecule has 0 fully saturated rings. The second kappa shape index (κ2) is 6.75. The van der Waals surface area contributed by atoms with Gasteiger partial charge in [-0.15, -0.1) is 0 Å². The first-order valence-electron chi connectivity index (χ1n) is 8.45. The molecule has 0 radical (unpaired) electrons. The van der Waals surface area contributed by atoms with E-state index in [1.807, 2.05) is 18.2 Å². The fourth-order valence-corrected chi connectivity index (χ4v) is 3.37. The molecule has 0 saturated heterocycles. The predicted octanol–water partition coefficient (Wildman–Crippen LogP) is 3.50. The van der Waals surface area contributed by atoms with Gasteiger partial charge < -0.3 is 14.8 Å².